The molecule has 4 aromatic rings. The van der Waals surface area contributed by atoms with E-state index >= 15 is 0 Å². The van der Waals surface area contributed by atoms with E-state index in [0.717, 1.165) is 21.5 Å². The van der Waals surface area contributed by atoms with Crippen molar-refractivity contribution in [3.63, 3.8) is 0 Å². The first-order valence-corrected chi connectivity index (χ1v) is 10.9. The summed E-state index contributed by atoms with van der Waals surface area (Å²) < 4.78 is 1.91. The number of rotatable bonds is 5. The smallest absolute Gasteiger partial charge is 0.265 e. The van der Waals surface area contributed by atoms with Crippen LogP contribution in [0.15, 0.2) is 54.6 Å². The van der Waals surface area contributed by atoms with Crippen molar-refractivity contribution in [3.05, 3.63) is 81.3 Å². The van der Waals surface area contributed by atoms with Gasteiger partial charge in [0.25, 0.3) is 11.8 Å². The van der Waals surface area contributed by atoms with Crippen LogP contribution in [0, 0.1) is 6.92 Å². The molecule has 2 heterocycles. The minimum atomic E-state index is -0.215. The molecule has 0 atom stereocenters. The topological polar surface area (TPSA) is 67.2 Å². The fourth-order valence-corrected chi connectivity index (χ4v) is 4.46. The SMILES string of the molecule is Cc1nn(Cc2ccc(Cl)cc2)c2sc(C(=O)Nc3cccc(C(=O)N(C)C)c3)cc12. The number of thiophene rings is 1. The molecule has 0 aliphatic carbocycles. The fraction of sp³-hybridized carbons (Fsp3) is 0.174. The van der Waals surface area contributed by atoms with Crippen LogP contribution in [0.25, 0.3) is 10.2 Å². The average Bonchev–Trinajstić information content (AvgIpc) is 3.31. The zero-order valence-electron chi connectivity index (χ0n) is 17.3. The maximum atomic E-state index is 12.9. The van der Waals surface area contributed by atoms with Crippen molar-refractivity contribution >= 4 is 50.7 Å². The minimum Gasteiger partial charge on any atom is -0.345 e. The molecule has 2 aromatic heterocycles. The Bertz CT molecular complexity index is 1270. The van der Waals surface area contributed by atoms with E-state index < -0.39 is 0 Å². The molecular formula is C23H21ClN4O2S. The number of hydrogen-bond acceptors (Lipinski definition) is 4. The predicted molar refractivity (Wildman–Crippen MR) is 125 cm³/mol. The Morgan fingerprint density at radius 3 is 2.58 bits per heavy atom. The zero-order chi connectivity index (χ0) is 22.1. The van der Waals surface area contributed by atoms with Crippen molar-refractivity contribution in [2.24, 2.45) is 0 Å². The summed E-state index contributed by atoms with van der Waals surface area (Å²) in [5.74, 6) is -0.330. The maximum absolute atomic E-state index is 12.9. The quantitative estimate of drug-likeness (QED) is 0.460. The van der Waals surface area contributed by atoms with Gasteiger partial charge in [-0.15, -0.1) is 11.3 Å². The normalized spacial score (nSPS) is 11.0. The van der Waals surface area contributed by atoms with Crippen molar-refractivity contribution in [2.45, 2.75) is 13.5 Å². The monoisotopic (exact) mass is 452 g/mol. The van der Waals surface area contributed by atoms with Gasteiger partial charge in [0, 0.05) is 35.8 Å². The number of fused-ring (bicyclic) bond motifs is 1. The molecule has 2 aromatic carbocycles. The van der Waals surface area contributed by atoms with E-state index in [2.05, 4.69) is 10.4 Å². The number of nitrogens with zero attached hydrogens (tertiary/aromatic N) is 3. The third-order valence-corrected chi connectivity index (χ3v) is 6.25. The zero-order valence-corrected chi connectivity index (χ0v) is 18.9. The second-order valence-electron chi connectivity index (χ2n) is 7.43. The third kappa shape index (κ3) is 4.47. The van der Waals surface area contributed by atoms with Crippen molar-refractivity contribution in [1.82, 2.24) is 14.7 Å². The van der Waals surface area contributed by atoms with Gasteiger partial charge in [-0.1, -0.05) is 29.8 Å². The fourth-order valence-electron chi connectivity index (χ4n) is 3.28. The van der Waals surface area contributed by atoms with Gasteiger partial charge in [0.1, 0.15) is 4.83 Å². The second-order valence-corrected chi connectivity index (χ2v) is 8.90. The van der Waals surface area contributed by atoms with Gasteiger partial charge in [-0.2, -0.15) is 5.10 Å². The highest BCUT2D eigenvalue weighted by Crippen LogP contribution is 2.29. The van der Waals surface area contributed by atoms with Crippen LogP contribution in [0.4, 0.5) is 5.69 Å². The lowest BCUT2D eigenvalue weighted by Gasteiger charge is -2.11. The number of hydrogen-bond donors (Lipinski definition) is 1. The summed E-state index contributed by atoms with van der Waals surface area (Å²) in [5, 5.41) is 9.16. The van der Waals surface area contributed by atoms with Crippen molar-refractivity contribution in [1.29, 1.82) is 0 Å². The van der Waals surface area contributed by atoms with E-state index in [0.29, 0.717) is 27.7 Å². The molecule has 0 bridgehead atoms. The van der Waals surface area contributed by atoms with Gasteiger partial charge >= 0.3 is 0 Å². The number of nitrogens with one attached hydrogen (secondary N) is 1. The number of carbonyl (C=O) groups is 2. The molecule has 6 nitrogen and oxygen atoms in total. The number of carbonyl (C=O) groups excluding carboxylic acids is 2. The number of halogens is 1. The van der Waals surface area contributed by atoms with Gasteiger partial charge < -0.3 is 10.2 Å². The molecule has 0 saturated heterocycles. The molecule has 2 amide bonds. The average molecular weight is 453 g/mol. The lowest BCUT2D eigenvalue weighted by molar-refractivity contribution is 0.0827. The summed E-state index contributed by atoms with van der Waals surface area (Å²) in [4.78, 5) is 28.1. The van der Waals surface area contributed by atoms with Crippen LogP contribution in [-0.2, 0) is 6.54 Å². The van der Waals surface area contributed by atoms with Crippen LogP contribution in [0.3, 0.4) is 0 Å². The van der Waals surface area contributed by atoms with E-state index in [1.807, 2.05) is 41.9 Å². The first-order chi connectivity index (χ1) is 14.8. The molecule has 0 unspecified atom stereocenters. The molecule has 0 saturated carbocycles. The standard InChI is InChI=1S/C23H21ClN4O2S/c1-14-19-12-20(21(29)25-18-6-4-5-16(11-18)22(30)27(2)3)31-23(19)28(26-14)13-15-7-9-17(24)10-8-15/h4-12H,13H2,1-3H3,(H,25,29). The summed E-state index contributed by atoms with van der Waals surface area (Å²) in [6.45, 7) is 2.53. The van der Waals surface area contributed by atoms with Crippen LogP contribution in [-0.4, -0.2) is 40.6 Å². The summed E-state index contributed by atoms with van der Waals surface area (Å²) in [7, 11) is 3.39. The highest BCUT2D eigenvalue weighted by Gasteiger charge is 2.17. The molecule has 0 fully saturated rings. The van der Waals surface area contributed by atoms with Crippen LogP contribution < -0.4 is 5.32 Å². The van der Waals surface area contributed by atoms with E-state index in [1.54, 1.807) is 38.4 Å². The van der Waals surface area contributed by atoms with Gasteiger partial charge in [-0.05, 0) is 48.9 Å². The third-order valence-electron chi connectivity index (χ3n) is 4.85. The lowest BCUT2D eigenvalue weighted by atomic mass is 10.2. The molecule has 0 spiro atoms. The largest absolute Gasteiger partial charge is 0.345 e. The molecule has 4 rings (SSSR count). The summed E-state index contributed by atoms with van der Waals surface area (Å²) in [5.41, 5.74) is 3.05. The first kappa shape index (κ1) is 21.1. The molecule has 1 N–H and O–H groups in total. The van der Waals surface area contributed by atoms with Crippen LogP contribution in [0.1, 0.15) is 31.3 Å². The number of benzene rings is 2. The van der Waals surface area contributed by atoms with E-state index in [4.69, 9.17) is 11.6 Å². The summed E-state index contributed by atoms with van der Waals surface area (Å²) >= 11 is 7.37. The van der Waals surface area contributed by atoms with E-state index in [-0.39, 0.29) is 11.8 Å². The first-order valence-electron chi connectivity index (χ1n) is 9.66. The van der Waals surface area contributed by atoms with Crippen molar-refractivity contribution in [2.75, 3.05) is 19.4 Å². The minimum absolute atomic E-state index is 0.115. The number of anilines is 1. The molecule has 158 valence electrons. The number of aryl methyl sites for hydroxylation is 1. The van der Waals surface area contributed by atoms with Crippen LogP contribution >= 0.6 is 22.9 Å². The van der Waals surface area contributed by atoms with Crippen LogP contribution in [0.5, 0.6) is 0 Å². The molecule has 0 aliphatic rings. The number of aromatic nitrogens is 2. The van der Waals surface area contributed by atoms with Crippen molar-refractivity contribution < 1.29 is 9.59 Å². The maximum Gasteiger partial charge on any atom is 0.265 e. The molecule has 8 heteroatoms. The van der Waals surface area contributed by atoms with E-state index in [1.165, 1.54) is 16.2 Å². The highest BCUT2D eigenvalue weighted by atomic mass is 35.5. The Balaban J connectivity index is 1.57. The highest BCUT2D eigenvalue weighted by molar-refractivity contribution is 7.20. The van der Waals surface area contributed by atoms with E-state index in [9.17, 15) is 9.59 Å². The number of amides is 2. The van der Waals surface area contributed by atoms with Gasteiger partial charge in [-0.3, -0.25) is 14.3 Å². The molecule has 31 heavy (non-hydrogen) atoms. The Kier molecular flexibility index (Phi) is 5.80. The summed E-state index contributed by atoms with van der Waals surface area (Å²) in [6, 6.07) is 16.4. The Hall–Kier alpha value is -3.16. The Labute approximate surface area is 189 Å². The Morgan fingerprint density at radius 2 is 1.87 bits per heavy atom. The Morgan fingerprint density at radius 1 is 1.13 bits per heavy atom. The lowest BCUT2D eigenvalue weighted by Crippen LogP contribution is -2.21. The van der Waals surface area contributed by atoms with Crippen LogP contribution in [0.2, 0.25) is 5.02 Å². The van der Waals surface area contributed by atoms with Gasteiger partial charge in [0.15, 0.2) is 0 Å². The van der Waals surface area contributed by atoms with Gasteiger partial charge in [-0.25, -0.2) is 0 Å². The van der Waals surface area contributed by atoms with Gasteiger partial charge in [0.05, 0.1) is 17.1 Å². The van der Waals surface area contributed by atoms with Gasteiger partial charge in [0.2, 0.25) is 0 Å². The predicted octanol–water partition coefficient (Wildman–Crippen LogP) is 5.06. The summed E-state index contributed by atoms with van der Waals surface area (Å²) in [6.07, 6.45) is 0. The molecule has 0 radical (unpaired) electrons. The molecular weight excluding hydrogens is 432 g/mol. The van der Waals surface area contributed by atoms with Crippen molar-refractivity contribution in [3.8, 4) is 0 Å². The second kappa shape index (κ2) is 8.53. The molecule has 0 aliphatic heterocycles.